The Hall–Kier alpha value is -0.650. The molecule has 2 atom stereocenters. The number of nitrogens with zero attached hydrogens (tertiary/aromatic N) is 1. The van der Waals surface area contributed by atoms with Crippen LogP contribution in [0.3, 0.4) is 0 Å². The van der Waals surface area contributed by atoms with E-state index in [0.717, 1.165) is 32.8 Å². The van der Waals surface area contributed by atoms with Crippen molar-refractivity contribution in [1.29, 1.82) is 0 Å². The summed E-state index contributed by atoms with van der Waals surface area (Å²) in [4.78, 5) is 14.2. The summed E-state index contributed by atoms with van der Waals surface area (Å²) >= 11 is 0. The Labute approximate surface area is 104 Å². The standard InChI is InChI=1S/C12H25N3O2/c1-4-12(3,13)11(16)14-10(2)9-15-5-7-17-8-6-15/h10H,4-9,13H2,1-3H3,(H,14,16). The average Bonchev–Trinajstić information content (AvgIpc) is 2.30. The second-order valence-corrected chi connectivity index (χ2v) is 5.06. The zero-order valence-corrected chi connectivity index (χ0v) is 11.2. The highest BCUT2D eigenvalue weighted by atomic mass is 16.5. The summed E-state index contributed by atoms with van der Waals surface area (Å²) in [6.45, 7) is 10.0. The third-order valence-corrected chi connectivity index (χ3v) is 3.27. The molecule has 1 aliphatic rings. The predicted octanol–water partition coefficient (Wildman–Crippen LogP) is -0.0493. The monoisotopic (exact) mass is 243 g/mol. The van der Waals surface area contributed by atoms with Gasteiger partial charge >= 0.3 is 0 Å². The van der Waals surface area contributed by atoms with Gasteiger partial charge in [0, 0.05) is 25.7 Å². The van der Waals surface area contributed by atoms with Gasteiger partial charge in [-0.15, -0.1) is 0 Å². The Balaban J connectivity index is 2.33. The van der Waals surface area contributed by atoms with E-state index in [1.807, 2.05) is 13.8 Å². The number of hydrogen-bond acceptors (Lipinski definition) is 4. The van der Waals surface area contributed by atoms with E-state index in [2.05, 4.69) is 10.2 Å². The molecule has 1 saturated heterocycles. The smallest absolute Gasteiger partial charge is 0.240 e. The van der Waals surface area contributed by atoms with Crippen molar-refractivity contribution in [2.75, 3.05) is 32.8 Å². The molecule has 1 rings (SSSR count). The van der Waals surface area contributed by atoms with Gasteiger partial charge < -0.3 is 15.8 Å². The molecule has 100 valence electrons. The lowest BCUT2D eigenvalue weighted by atomic mass is 9.99. The maximum atomic E-state index is 11.9. The van der Waals surface area contributed by atoms with Crippen molar-refractivity contribution in [3.63, 3.8) is 0 Å². The molecule has 0 aliphatic carbocycles. The topological polar surface area (TPSA) is 67.6 Å². The molecule has 1 amide bonds. The average molecular weight is 243 g/mol. The predicted molar refractivity (Wildman–Crippen MR) is 67.7 cm³/mol. The number of amides is 1. The SMILES string of the molecule is CCC(C)(N)C(=O)NC(C)CN1CCOCC1. The molecule has 1 fully saturated rings. The first-order chi connectivity index (χ1) is 7.95. The van der Waals surface area contributed by atoms with Crippen LogP contribution in [0.25, 0.3) is 0 Å². The molecule has 5 nitrogen and oxygen atoms in total. The van der Waals surface area contributed by atoms with E-state index in [9.17, 15) is 4.79 Å². The van der Waals surface area contributed by atoms with Gasteiger partial charge in [0.25, 0.3) is 0 Å². The minimum absolute atomic E-state index is 0.0687. The quantitative estimate of drug-likeness (QED) is 0.710. The highest BCUT2D eigenvalue weighted by molar-refractivity contribution is 5.85. The van der Waals surface area contributed by atoms with E-state index < -0.39 is 5.54 Å². The zero-order valence-electron chi connectivity index (χ0n) is 11.2. The number of morpholine rings is 1. The molecular formula is C12H25N3O2. The highest BCUT2D eigenvalue weighted by Gasteiger charge is 2.27. The fourth-order valence-corrected chi connectivity index (χ4v) is 1.77. The van der Waals surface area contributed by atoms with Crippen LogP contribution >= 0.6 is 0 Å². The summed E-state index contributed by atoms with van der Waals surface area (Å²) in [7, 11) is 0. The minimum atomic E-state index is -0.765. The molecule has 17 heavy (non-hydrogen) atoms. The summed E-state index contributed by atoms with van der Waals surface area (Å²) in [6, 6.07) is 0.120. The fraction of sp³-hybridized carbons (Fsp3) is 0.917. The third-order valence-electron chi connectivity index (χ3n) is 3.27. The van der Waals surface area contributed by atoms with Crippen LogP contribution in [0, 0.1) is 0 Å². The maximum absolute atomic E-state index is 11.9. The van der Waals surface area contributed by atoms with Gasteiger partial charge in [0.15, 0.2) is 0 Å². The molecule has 0 saturated carbocycles. The number of rotatable bonds is 5. The second kappa shape index (κ2) is 6.33. The van der Waals surface area contributed by atoms with Gasteiger partial charge in [-0.25, -0.2) is 0 Å². The van der Waals surface area contributed by atoms with Crippen LogP contribution in [0.15, 0.2) is 0 Å². The molecule has 0 spiro atoms. The Bertz CT molecular complexity index is 250. The van der Waals surface area contributed by atoms with E-state index in [0.29, 0.717) is 6.42 Å². The van der Waals surface area contributed by atoms with Crippen LogP contribution < -0.4 is 11.1 Å². The summed E-state index contributed by atoms with van der Waals surface area (Å²) in [5, 5.41) is 2.97. The summed E-state index contributed by atoms with van der Waals surface area (Å²) < 4.78 is 5.29. The number of ether oxygens (including phenoxy) is 1. The van der Waals surface area contributed by atoms with Gasteiger partial charge in [-0.05, 0) is 20.3 Å². The van der Waals surface area contributed by atoms with Crippen molar-refractivity contribution in [3.8, 4) is 0 Å². The number of hydrogen-bond donors (Lipinski definition) is 2. The largest absolute Gasteiger partial charge is 0.379 e. The molecular weight excluding hydrogens is 218 g/mol. The first-order valence-electron chi connectivity index (χ1n) is 6.35. The molecule has 0 aromatic carbocycles. The van der Waals surface area contributed by atoms with Gasteiger partial charge in [-0.3, -0.25) is 9.69 Å². The van der Waals surface area contributed by atoms with Crippen LogP contribution in [0.5, 0.6) is 0 Å². The Morgan fingerprint density at radius 1 is 1.53 bits per heavy atom. The number of nitrogens with one attached hydrogen (secondary N) is 1. The van der Waals surface area contributed by atoms with Crippen LogP contribution in [0.2, 0.25) is 0 Å². The van der Waals surface area contributed by atoms with Crippen molar-refractivity contribution >= 4 is 5.91 Å². The van der Waals surface area contributed by atoms with Gasteiger partial charge in [-0.1, -0.05) is 6.92 Å². The first-order valence-corrected chi connectivity index (χ1v) is 6.35. The van der Waals surface area contributed by atoms with Crippen molar-refractivity contribution in [1.82, 2.24) is 10.2 Å². The van der Waals surface area contributed by atoms with Crippen LogP contribution in [0.4, 0.5) is 0 Å². The number of nitrogens with two attached hydrogens (primary N) is 1. The summed E-state index contributed by atoms with van der Waals surface area (Å²) in [5.74, 6) is -0.0687. The van der Waals surface area contributed by atoms with Gasteiger partial charge in [-0.2, -0.15) is 0 Å². The second-order valence-electron chi connectivity index (χ2n) is 5.06. The van der Waals surface area contributed by atoms with Crippen molar-refractivity contribution < 1.29 is 9.53 Å². The molecule has 1 heterocycles. The van der Waals surface area contributed by atoms with Crippen LogP contribution in [-0.4, -0.2) is 55.2 Å². The lowest BCUT2D eigenvalue weighted by Crippen LogP contribution is -2.55. The van der Waals surface area contributed by atoms with Crippen molar-refractivity contribution in [2.24, 2.45) is 5.73 Å². The van der Waals surface area contributed by atoms with E-state index in [1.54, 1.807) is 6.92 Å². The molecule has 0 bridgehead atoms. The molecule has 2 unspecified atom stereocenters. The number of carbonyl (C=O) groups excluding carboxylic acids is 1. The fourth-order valence-electron chi connectivity index (χ4n) is 1.77. The van der Waals surface area contributed by atoms with E-state index in [-0.39, 0.29) is 11.9 Å². The number of carbonyl (C=O) groups is 1. The Morgan fingerprint density at radius 3 is 2.65 bits per heavy atom. The first kappa shape index (κ1) is 14.4. The van der Waals surface area contributed by atoms with Gasteiger partial charge in [0.05, 0.1) is 18.8 Å². The molecule has 5 heteroatoms. The Kier molecular flexibility index (Phi) is 5.36. The van der Waals surface area contributed by atoms with Gasteiger partial charge in [0.2, 0.25) is 5.91 Å². The molecule has 0 aromatic heterocycles. The lowest BCUT2D eigenvalue weighted by Gasteiger charge is -2.31. The molecule has 1 aliphatic heterocycles. The van der Waals surface area contributed by atoms with Crippen molar-refractivity contribution in [2.45, 2.75) is 38.8 Å². The van der Waals surface area contributed by atoms with Crippen LogP contribution in [-0.2, 0) is 9.53 Å². The highest BCUT2D eigenvalue weighted by Crippen LogP contribution is 2.05. The third kappa shape index (κ3) is 4.61. The normalized spacial score (nSPS) is 22.8. The van der Waals surface area contributed by atoms with E-state index in [4.69, 9.17) is 10.5 Å². The minimum Gasteiger partial charge on any atom is -0.379 e. The van der Waals surface area contributed by atoms with Crippen molar-refractivity contribution in [3.05, 3.63) is 0 Å². The Morgan fingerprint density at radius 2 is 2.12 bits per heavy atom. The van der Waals surface area contributed by atoms with Crippen LogP contribution in [0.1, 0.15) is 27.2 Å². The molecule has 3 N–H and O–H groups in total. The van der Waals surface area contributed by atoms with E-state index >= 15 is 0 Å². The zero-order chi connectivity index (χ0) is 12.9. The maximum Gasteiger partial charge on any atom is 0.240 e. The van der Waals surface area contributed by atoms with E-state index in [1.165, 1.54) is 0 Å². The molecule has 0 radical (unpaired) electrons. The van der Waals surface area contributed by atoms with Gasteiger partial charge in [0.1, 0.15) is 0 Å². The summed E-state index contributed by atoms with van der Waals surface area (Å²) in [6.07, 6.45) is 0.642. The molecule has 0 aromatic rings. The summed E-state index contributed by atoms with van der Waals surface area (Å²) in [5.41, 5.74) is 5.13. The lowest BCUT2D eigenvalue weighted by molar-refractivity contribution is -0.126.